The van der Waals surface area contributed by atoms with Gasteiger partial charge in [0.25, 0.3) is 0 Å². The van der Waals surface area contributed by atoms with Crippen LogP contribution in [-0.4, -0.2) is 63.0 Å². The largest absolute Gasteiger partial charge is 0.496 e. The maximum Gasteiger partial charge on any atom is 0.309 e. The molecule has 0 saturated heterocycles. The molecule has 0 radical (unpaired) electrons. The van der Waals surface area contributed by atoms with Crippen LogP contribution in [0.4, 0.5) is 0 Å². The Morgan fingerprint density at radius 1 is 0.936 bits per heavy atom. The number of methoxy groups -OCH3 is 2. The molecule has 47 heavy (non-hydrogen) atoms. The number of ether oxygens (including phenoxy) is 6. The minimum atomic E-state index is -0.759. The van der Waals surface area contributed by atoms with Gasteiger partial charge in [-0.15, -0.1) is 0 Å². The fraction of sp³-hybridized carbons (Fsp3) is 0.459. The maximum absolute atomic E-state index is 13.3. The van der Waals surface area contributed by atoms with Crippen LogP contribution in [0, 0.1) is 17.8 Å². The van der Waals surface area contributed by atoms with E-state index in [2.05, 4.69) is 23.2 Å². The first-order valence-electron chi connectivity index (χ1n) is 16.0. The van der Waals surface area contributed by atoms with Gasteiger partial charge in [0.2, 0.25) is 6.79 Å². The van der Waals surface area contributed by atoms with Gasteiger partial charge in [0.1, 0.15) is 11.9 Å². The quantitative estimate of drug-likeness (QED) is 0.0869. The van der Waals surface area contributed by atoms with E-state index in [1.807, 2.05) is 37.3 Å². The fourth-order valence-corrected chi connectivity index (χ4v) is 5.20. The Labute approximate surface area is 276 Å². The van der Waals surface area contributed by atoms with Crippen LogP contribution in [0.25, 0.3) is 0 Å². The highest BCUT2D eigenvalue weighted by Crippen LogP contribution is 2.32. The Hall–Kier alpha value is -4.44. The van der Waals surface area contributed by atoms with Crippen molar-refractivity contribution in [3.05, 3.63) is 83.2 Å². The summed E-state index contributed by atoms with van der Waals surface area (Å²) in [6, 6.07) is 17.9. The van der Waals surface area contributed by atoms with E-state index in [0.29, 0.717) is 25.6 Å². The maximum atomic E-state index is 13.3. The molecule has 10 nitrogen and oxygen atoms in total. The Morgan fingerprint density at radius 3 is 2.36 bits per heavy atom. The third kappa shape index (κ3) is 10.8. The number of aromatic nitrogens is 1. The second-order valence-electron chi connectivity index (χ2n) is 12.0. The Morgan fingerprint density at radius 2 is 1.68 bits per heavy atom. The van der Waals surface area contributed by atoms with E-state index < -0.39 is 36.5 Å². The molecule has 252 valence electrons. The molecule has 0 unspecified atom stereocenters. The molecular formula is C37H45NO9. The summed E-state index contributed by atoms with van der Waals surface area (Å²) in [7, 11) is 3.09. The van der Waals surface area contributed by atoms with Gasteiger partial charge >= 0.3 is 11.9 Å². The highest BCUT2D eigenvalue weighted by Gasteiger charge is 2.29. The first-order valence-corrected chi connectivity index (χ1v) is 16.0. The van der Waals surface area contributed by atoms with Crippen molar-refractivity contribution in [3.8, 4) is 17.2 Å². The molecule has 1 aliphatic carbocycles. The van der Waals surface area contributed by atoms with Crippen molar-refractivity contribution in [1.82, 2.24) is 4.98 Å². The number of hydrogen-bond donors (Lipinski definition) is 0. The van der Waals surface area contributed by atoms with E-state index in [4.69, 9.17) is 28.4 Å². The van der Waals surface area contributed by atoms with Crippen LogP contribution in [0.15, 0.2) is 60.8 Å². The second kappa shape index (κ2) is 17.5. The highest BCUT2D eigenvalue weighted by atomic mass is 16.7. The van der Waals surface area contributed by atoms with Crippen LogP contribution >= 0.6 is 0 Å². The standard InChI is InChI=1S/C37H45NO9/c1-24(17-32(40)35-36(46-23-45-26(3)39)34(43-5)15-16-38-35)37(41)47-25(2)31(22-44-21-28-11-12-28)20-29-13-14-33(42-4)30(19-29)18-27-9-7-6-8-10-27/h6-10,13-16,19,24-25,28,31H,11-12,17-18,20-23H2,1-5H3/t24-,25+,31-/m1/s1. The smallest absolute Gasteiger partial charge is 0.309 e. The minimum absolute atomic E-state index is 0.0265. The average Bonchev–Trinajstić information content (AvgIpc) is 3.89. The van der Waals surface area contributed by atoms with Crippen molar-refractivity contribution >= 4 is 17.7 Å². The zero-order valence-corrected chi connectivity index (χ0v) is 27.9. The minimum Gasteiger partial charge on any atom is -0.496 e. The van der Waals surface area contributed by atoms with E-state index in [0.717, 1.165) is 23.3 Å². The van der Waals surface area contributed by atoms with Gasteiger partial charge in [0, 0.05) is 44.6 Å². The Kier molecular flexibility index (Phi) is 13.2. The summed E-state index contributed by atoms with van der Waals surface area (Å²) in [5.41, 5.74) is 3.33. The number of Topliss-reactive ketones (excluding diaryl/α,β-unsaturated/α-hetero) is 1. The number of benzene rings is 2. The number of carbonyl (C=O) groups is 3. The number of esters is 2. The van der Waals surface area contributed by atoms with Crippen molar-refractivity contribution in [2.75, 3.05) is 34.2 Å². The molecule has 1 heterocycles. The van der Waals surface area contributed by atoms with E-state index in [9.17, 15) is 14.4 Å². The summed E-state index contributed by atoms with van der Waals surface area (Å²) in [5.74, 6) is -0.635. The van der Waals surface area contributed by atoms with Crippen molar-refractivity contribution in [3.63, 3.8) is 0 Å². The summed E-state index contributed by atoms with van der Waals surface area (Å²) in [4.78, 5) is 41.9. The molecule has 1 aliphatic rings. The fourth-order valence-electron chi connectivity index (χ4n) is 5.20. The SMILES string of the molecule is COc1ccc(C[C@H](COCC2CC2)[C@H](C)OC(=O)[C@H](C)CC(=O)c2nccc(OC)c2OCOC(C)=O)cc1Cc1ccccc1. The first-order chi connectivity index (χ1) is 22.7. The molecule has 0 bridgehead atoms. The van der Waals surface area contributed by atoms with E-state index in [1.54, 1.807) is 14.0 Å². The van der Waals surface area contributed by atoms with Gasteiger partial charge in [-0.1, -0.05) is 49.4 Å². The van der Waals surface area contributed by atoms with Gasteiger partial charge in [-0.2, -0.15) is 0 Å². The normalized spacial score (nSPS) is 14.4. The first kappa shape index (κ1) is 35.4. The van der Waals surface area contributed by atoms with Gasteiger partial charge in [0.05, 0.1) is 26.7 Å². The predicted octanol–water partition coefficient (Wildman–Crippen LogP) is 6.02. The summed E-state index contributed by atoms with van der Waals surface area (Å²) < 4.78 is 33.4. The average molecular weight is 648 g/mol. The van der Waals surface area contributed by atoms with Crippen LogP contribution < -0.4 is 14.2 Å². The number of rotatable bonds is 19. The third-order valence-electron chi connectivity index (χ3n) is 8.14. The van der Waals surface area contributed by atoms with Crippen LogP contribution in [0.1, 0.15) is 67.2 Å². The molecule has 10 heteroatoms. The van der Waals surface area contributed by atoms with Crippen LogP contribution in [0.2, 0.25) is 0 Å². The van der Waals surface area contributed by atoms with Crippen molar-refractivity contribution in [1.29, 1.82) is 0 Å². The van der Waals surface area contributed by atoms with Crippen molar-refractivity contribution in [2.24, 2.45) is 17.8 Å². The van der Waals surface area contributed by atoms with Crippen LogP contribution in [-0.2, 0) is 36.6 Å². The number of ketones is 1. The molecule has 2 aromatic carbocycles. The van der Waals surface area contributed by atoms with Gasteiger partial charge in [0.15, 0.2) is 23.0 Å². The van der Waals surface area contributed by atoms with E-state index in [1.165, 1.54) is 44.7 Å². The summed E-state index contributed by atoms with van der Waals surface area (Å²) in [5, 5.41) is 0. The summed E-state index contributed by atoms with van der Waals surface area (Å²) >= 11 is 0. The molecule has 0 N–H and O–H groups in total. The molecule has 1 saturated carbocycles. The van der Waals surface area contributed by atoms with Gasteiger partial charge < -0.3 is 28.4 Å². The summed E-state index contributed by atoms with van der Waals surface area (Å²) in [6.07, 6.45) is 4.49. The molecule has 4 rings (SSSR count). The molecule has 0 spiro atoms. The van der Waals surface area contributed by atoms with Gasteiger partial charge in [-0.25, -0.2) is 4.98 Å². The van der Waals surface area contributed by atoms with E-state index >= 15 is 0 Å². The van der Waals surface area contributed by atoms with Gasteiger partial charge in [-0.3, -0.25) is 14.4 Å². The van der Waals surface area contributed by atoms with Gasteiger partial charge in [-0.05, 0) is 54.9 Å². The van der Waals surface area contributed by atoms with E-state index in [-0.39, 0.29) is 29.5 Å². The lowest BCUT2D eigenvalue weighted by atomic mass is 9.92. The lowest BCUT2D eigenvalue weighted by Crippen LogP contribution is -2.32. The lowest BCUT2D eigenvalue weighted by molar-refractivity contribution is -0.156. The number of hydrogen-bond acceptors (Lipinski definition) is 10. The Balaban J connectivity index is 1.43. The number of nitrogens with zero attached hydrogens (tertiary/aromatic N) is 1. The number of carbonyl (C=O) groups excluding carboxylic acids is 3. The topological polar surface area (TPSA) is 119 Å². The monoisotopic (exact) mass is 647 g/mol. The lowest BCUT2D eigenvalue weighted by Gasteiger charge is -2.26. The molecule has 1 fully saturated rings. The molecule has 0 aliphatic heterocycles. The predicted molar refractivity (Wildman–Crippen MR) is 175 cm³/mol. The molecule has 3 atom stereocenters. The molecular weight excluding hydrogens is 602 g/mol. The van der Waals surface area contributed by atoms with Crippen LogP contribution in [0.5, 0.6) is 17.2 Å². The zero-order chi connectivity index (χ0) is 33.8. The number of pyridine rings is 1. The third-order valence-corrected chi connectivity index (χ3v) is 8.14. The molecule has 0 amide bonds. The van der Waals surface area contributed by atoms with Crippen molar-refractivity contribution in [2.45, 2.75) is 59.0 Å². The highest BCUT2D eigenvalue weighted by molar-refractivity contribution is 5.99. The molecule has 1 aromatic heterocycles. The Bertz CT molecular complexity index is 1490. The second-order valence-corrected chi connectivity index (χ2v) is 12.0. The molecule has 3 aromatic rings. The van der Waals surface area contributed by atoms with Crippen LogP contribution in [0.3, 0.4) is 0 Å². The zero-order valence-electron chi connectivity index (χ0n) is 27.9. The summed E-state index contributed by atoms with van der Waals surface area (Å²) in [6.45, 7) is 5.47. The van der Waals surface area contributed by atoms with Crippen molar-refractivity contribution < 1.29 is 42.8 Å².